The molecule has 4 nitrogen and oxygen atoms in total. The maximum atomic E-state index is 5.90. The van der Waals surface area contributed by atoms with E-state index in [1.807, 2.05) is 4.57 Å². The van der Waals surface area contributed by atoms with Gasteiger partial charge in [-0.3, -0.25) is 4.57 Å². The van der Waals surface area contributed by atoms with Crippen molar-refractivity contribution in [2.45, 2.75) is 25.8 Å². The molecule has 0 aromatic carbocycles. The second-order valence-corrected chi connectivity index (χ2v) is 4.81. The van der Waals surface area contributed by atoms with Crippen LogP contribution in [0.15, 0.2) is 12.3 Å². The average Bonchev–Trinajstić information content (AvgIpc) is 2.47. The Hall–Kier alpha value is -1.29. The third-order valence-electron chi connectivity index (χ3n) is 3.25. The van der Waals surface area contributed by atoms with Gasteiger partial charge < -0.3 is 5.73 Å². The highest BCUT2D eigenvalue weighted by Gasteiger charge is 2.20. The molecule has 0 amide bonds. The molecule has 1 aliphatic carbocycles. The number of halogens is 1. The summed E-state index contributed by atoms with van der Waals surface area (Å²) in [4.78, 5) is 8.58. The Bertz CT molecular complexity index is 530. The van der Waals surface area contributed by atoms with Crippen LogP contribution in [0.5, 0.6) is 0 Å². The summed E-state index contributed by atoms with van der Waals surface area (Å²) in [6.07, 6.45) is 5.54. The van der Waals surface area contributed by atoms with Crippen LogP contribution in [0, 0.1) is 5.92 Å². The van der Waals surface area contributed by atoms with Crippen LogP contribution in [-0.2, 0) is 6.54 Å². The number of nitrogens with zero attached hydrogens (tertiary/aromatic N) is 3. The van der Waals surface area contributed by atoms with Gasteiger partial charge in [-0.25, -0.2) is 9.97 Å². The van der Waals surface area contributed by atoms with E-state index in [1.165, 1.54) is 19.3 Å². The number of rotatable bonds is 2. The molecule has 1 saturated carbocycles. The molecule has 84 valence electrons. The first-order chi connectivity index (χ1) is 7.74. The van der Waals surface area contributed by atoms with Crippen molar-refractivity contribution in [3.05, 3.63) is 17.3 Å². The Balaban J connectivity index is 2.04. The predicted molar refractivity (Wildman–Crippen MR) is 64.3 cm³/mol. The minimum absolute atomic E-state index is 0.539. The average molecular weight is 237 g/mol. The van der Waals surface area contributed by atoms with E-state index < -0.39 is 0 Å². The summed E-state index contributed by atoms with van der Waals surface area (Å²) in [5.41, 5.74) is 7.52. The molecule has 5 heteroatoms. The van der Waals surface area contributed by atoms with Crippen LogP contribution in [-0.4, -0.2) is 14.5 Å². The standard InChI is InChI=1S/C11H13ClN4/c12-8-4-9-10(14-5-8)16(11(13)15-9)6-7-2-1-3-7/h4-5,7H,1-3,6H2,(H2,13,15). The number of aromatic nitrogens is 3. The number of imidazole rings is 1. The van der Waals surface area contributed by atoms with Gasteiger partial charge in [-0.2, -0.15) is 0 Å². The Morgan fingerprint density at radius 3 is 3.00 bits per heavy atom. The van der Waals surface area contributed by atoms with Gasteiger partial charge in [0, 0.05) is 12.7 Å². The second-order valence-electron chi connectivity index (χ2n) is 4.37. The number of hydrogen-bond acceptors (Lipinski definition) is 3. The van der Waals surface area contributed by atoms with Crippen molar-refractivity contribution in [2.24, 2.45) is 5.92 Å². The first-order valence-electron chi connectivity index (χ1n) is 5.51. The third-order valence-corrected chi connectivity index (χ3v) is 3.45. The van der Waals surface area contributed by atoms with Gasteiger partial charge in [0.25, 0.3) is 0 Å². The molecule has 0 saturated heterocycles. The molecule has 1 fully saturated rings. The van der Waals surface area contributed by atoms with Crippen molar-refractivity contribution in [1.82, 2.24) is 14.5 Å². The van der Waals surface area contributed by atoms with Crippen LogP contribution in [0.25, 0.3) is 11.2 Å². The van der Waals surface area contributed by atoms with Crippen LogP contribution in [0.4, 0.5) is 5.95 Å². The summed E-state index contributed by atoms with van der Waals surface area (Å²) in [6.45, 7) is 0.928. The lowest BCUT2D eigenvalue weighted by Crippen LogP contribution is -2.19. The van der Waals surface area contributed by atoms with Gasteiger partial charge in [0.05, 0.1) is 5.02 Å². The molecule has 3 rings (SSSR count). The van der Waals surface area contributed by atoms with Gasteiger partial charge in [0.2, 0.25) is 5.95 Å². The third kappa shape index (κ3) is 1.53. The molecule has 2 aromatic heterocycles. The van der Waals surface area contributed by atoms with Gasteiger partial charge >= 0.3 is 0 Å². The molecular formula is C11H13ClN4. The quantitative estimate of drug-likeness (QED) is 0.872. The SMILES string of the molecule is Nc1nc2cc(Cl)cnc2n1CC1CCC1. The van der Waals surface area contributed by atoms with Crippen LogP contribution in [0.2, 0.25) is 5.02 Å². The summed E-state index contributed by atoms with van der Waals surface area (Å²) in [6, 6.07) is 1.80. The number of anilines is 1. The summed E-state index contributed by atoms with van der Waals surface area (Å²) in [5, 5.41) is 0.598. The molecule has 0 unspecified atom stereocenters. The lowest BCUT2D eigenvalue weighted by molar-refractivity contribution is 0.280. The summed E-state index contributed by atoms with van der Waals surface area (Å²) < 4.78 is 2.00. The Morgan fingerprint density at radius 2 is 2.31 bits per heavy atom. The molecule has 0 radical (unpaired) electrons. The van der Waals surface area contributed by atoms with E-state index in [0.29, 0.717) is 11.0 Å². The minimum Gasteiger partial charge on any atom is -0.369 e. The van der Waals surface area contributed by atoms with E-state index in [2.05, 4.69) is 9.97 Å². The van der Waals surface area contributed by atoms with Gasteiger partial charge in [-0.15, -0.1) is 0 Å². The van der Waals surface area contributed by atoms with Crippen molar-refractivity contribution in [2.75, 3.05) is 5.73 Å². The second kappa shape index (κ2) is 3.63. The van der Waals surface area contributed by atoms with Crippen LogP contribution in [0.3, 0.4) is 0 Å². The first kappa shape index (κ1) is 9.90. The first-order valence-corrected chi connectivity index (χ1v) is 5.89. The van der Waals surface area contributed by atoms with Crippen molar-refractivity contribution >= 4 is 28.7 Å². The Kier molecular flexibility index (Phi) is 2.24. The molecule has 0 spiro atoms. The van der Waals surface area contributed by atoms with E-state index >= 15 is 0 Å². The van der Waals surface area contributed by atoms with Crippen molar-refractivity contribution < 1.29 is 0 Å². The van der Waals surface area contributed by atoms with Gasteiger partial charge in [0.15, 0.2) is 5.65 Å². The normalized spacial score (nSPS) is 16.6. The van der Waals surface area contributed by atoms with Crippen molar-refractivity contribution in [3.8, 4) is 0 Å². The molecule has 2 heterocycles. The summed E-state index contributed by atoms with van der Waals surface area (Å²) in [7, 11) is 0. The summed E-state index contributed by atoms with van der Waals surface area (Å²) >= 11 is 5.87. The lowest BCUT2D eigenvalue weighted by atomic mass is 9.85. The number of hydrogen-bond donors (Lipinski definition) is 1. The monoisotopic (exact) mass is 236 g/mol. The predicted octanol–water partition coefficient (Wildman–Crippen LogP) is 2.47. The highest BCUT2D eigenvalue weighted by Crippen LogP contribution is 2.30. The fraction of sp³-hybridized carbons (Fsp3) is 0.455. The van der Waals surface area contributed by atoms with E-state index in [4.69, 9.17) is 17.3 Å². The van der Waals surface area contributed by atoms with Crippen LogP contribution >= 0.6 is 11.6 Å². The largest absolute Gasteiger partial charge is 0.369 e. The molecule has 16 heavy (non-hydrogen) atoms. The molecular weight excluding hydrogens is 224 g/mol. The minimum atomic E-state index is 0.539. The molecule has 0 atom stereocenters. The number of nitrogen functional groups attached to an aromatic ring is 1. The molecule has 2 aromatic rings. The number of fused-ring (bicyclic) bond motifs is 1. The van der Waals surface area contributed by atoms with E-state index in [9.17, 15) is 0 Å². The van der Waals surface area contributed by atoms with Crippen molar-refractivity contribution in [3.63, 3.8) is 0 Å². The maximum absolute atomic E-state index is 5.90. The molecule has 0 aliphatic heterocycles. The van der Waals surface area contributed by atoms with Crippen LogP contribution < -0.4 is 5.73 Å². The van der Waals surface area contributed by atoms with Crippen LogP contribution in [0.1, 0.15) is 19.3 Å². The fourth-order valence-corrected chi connectivity index (χ4v) is 2.27. The van der Waals surface area contributed by atoms with Gasteiger partial charge in [-0.1, -0.05) is 18.0 Å². The fourth-order valence-electron chi connectivity index (χ4n) is 2.12. The molecule has 0 bridgehead atoms. The zero-order valence-corrected chi connectivity index (χ0v) is 9.61. The van der Waals surface area contributed by atoms with E-state index in [0.717, 1.165) is 23.6 Å². The zero-order chi connectivity index (χ0) is 11.1. The van der Waals surface area contributed by atoms with E-state index in [1.54, 1.807) is 12.3 Å². The van der Waals surface area contributed by atoms with Gasteiger partial charge in [-0.05, 0) is 24.8 Å². The van der Waals surface area contributed by atoms with E-state index in [-0.39, 0.29) is 0 Å². The number of pyridine rings is 1. The number of nitrogens with two attached hydrogens (primary N) is 1. The maximum Gasteiger partial charge on any atom is 0.202 e. The molecule has 2 N–H and O–H groups in total. The highest BCUT2D eigenvalue weighted by atomic mass is 35.5. The molecule has 1 aliphatic rings. The van der Waals surface area contributed by atoms with Gasteiger partial charge in [0.1, 0.15) is 5.52 Å². The highest BCUT2D eigenvalue weighted by molar-refractivity contribution is 6.31. The Morgan fingerprint density at radius 1 is 1.50 bits per heavy atom. The van der Waals surface area contributed by atoms with Crippen molar-refractivity contribution in [1.29, 1.82) is 0 Å². The Labute approximate surface area is 98.4 Å². The topological polar surface area (TPSA) is 56.7 Å². The zero-order valence-electron chi connectivity index (χ0n) is 8.86. The lowest BCUT2D eigenvalue weighted by Gasteiger charge is -2.25. The summed E-state index contributed by atoms with van der Waals surface area (Å²) in [5.74, 6) is 1.27. The smallest absolute Gasteiger partial charge is 0.202 e.